The average molecular weight is 241 g/mol. The van der Waals surface area contributed by atoms with Crippen molar-refractivity contribution in [1.82, 2.24) is 15.2 Å². The monoisotopic (exact) mass is 241 g/mol. The maximum Gasteiger partial charge on any atom is 0.272 e. The minimum absolute atomic E-state index is 0.281. The molecule has 3 aromatic rings. The summed E-state index contributed by atoms with van der Waals surface area (Å²) in [5.74, 6) is -0.448. The van der Waals surface area contributed by atoms with E-state index in [0.717, 1.165) is 5.56 Å². The fourth-order valence-electron chi connectivity index (χ4n) is 1.86. The van der Waals surface area contributed by atoms with Crippen LogP contribution >= 0.6 is 0 Å². The molecule has 0 unspecified atom stereocenters. The fraction of sp³-hybridized carbons (Fsp3) is 0. The van der Waals surface area contributed by atoms with Crippen LogP contribution in [-0.2, 0) is 0 Å². The molecule has 88 valence electrons. The van der Waals surface area contributed by atoms with Gasteiger partial charge in [0.1, 0.15) is 11.5 Å². The summed E-state index contributed by atoms with van der Waals surface area (Å²) in [5, 5.41) is 7.26. The second-order valence-corrected chi connectivity index (χ2v) is 3.83. The van der Waals surface area contributed by atoms with Gasteiger partial charge in [0.2, 0.25) is 0 Å². The number of halogens is 1. The van der Waals surface area contributed by atoms with E-state index in [1.165, 1.54) is 12.1 Å². The summed E-state index contributed by atoms with van der Waals surface area (Å²) in [4.78, 5) is 15.6. The number of aromatic amines is 1. The molecule has 1 aromatic carbocycles. The van der Waals surface area contributed by atoms with Gasteiger partial charge in [-0.2, -0.15) is 5.10 Å². The van der Waals surface area contributed by atoms with Crippen LogP contribution in [0.3, 0.4) is 0 Å². The van der Waals surface area contributed by atoms with Gasteiger partial charge in [-0.05, 0) is 30.3 Å². The summed E-state index contributed by atoms with van der Waals surface area (Å²) in [6.45, 7) is 0. The quantitative estimate of drug-likeness (QED) is 0.710. The molecule has 4 nitrogen and oxygen atoms in total. The predicted molar refractivity (Wildman–Crippen MR) is 65.6 cm³/mol. The van der Waals surface area contributed by atoms with Gasteiger partial charge in [-0.15, -0.1) is 0 Å². The molecule has 0 atom stereocenters. The van der Waals surface area contributed by atoms with Gasteiger partial charge in [-0.1, -0.05) is 0 Å². The lowest BCUT2D eigenvalue weighted by Gasteiger charge is -2.04. The van der Waals surface area contributed by atoms with Crippen molar-refractivity contribution in [1.29, 1.82) is 0 Å². The molecule has 3 rings (SSSR count). The highest BCUT2D eigenvalue weighted by molar-refractivity contribution is 5.93. The van der Waals surface area contributed by atoms with Gasteiger partial charge in [0.25, 0.3) is 5.56 Å². The van der Waals surface area contributed by atoms with Crippen LogP contribution in [0.15, 0.2) is 47.5 Å². The van der Waals surface area contributed by atoms with Crippen molar-refractivity contribution in [2.75, 3.05) is 0 Å². The largest absolute Gasteiger partial charge is 0.272 e. The van der Waals surface area contributed by atoms with Crippen molar-refractivity contribution in [2.24, 2.45) is 0 Å². The minimum Gasteiger partial charge on any atom is -0.267 e. The molecule has 0 amide bonds. The molecule has 0 fully saturated rings. The zero-order valence-corrected chi connectivity index (χ0v) is 9.22. The lowest BCUT2D eigenvalue weighted by molar-refractivity contribution is 0.629. The van der Waals surface area contributed by atoms with Gasteiger partial charge in [-0.3, -0.25) is 9.78 Å². The Kier molecular flexibility index (Phi) is 2.37. The summed E-state index contributed by atoms with van der Waals surface area (Å²) in [5.41, 5.74) is 0.945. The highest BCUT2D eigenvalue weighted by Crippen LogP contribution is 2.23. The van der Waals surface area contributed by atoms with Crippen LogP contribution in [0.2, 0.25) is 0 Å². The first kappa shape index (κ1) is 10.6. The van der Waals surface area contributed by atoms with Crippen molar-refractivity contribution in [3.63, 3.8) is 0 Å². The third-order valence-electron chi connectivity index (χ3n) is 2.69. The van der Waals surface area contributed by atoms with E-state index in [-0.39, 0.29) is 5.39 Å². The third kappa shape index (κ3) is 1.66. The molecule has 18 heavy (non-hydrogen) atoms. The maximum absolute atomic E-state index is 13.2. The summed E-state index contributed by atoms with van der Waals surface area (Å²) in [7, 11) is 0. The number of rotatable bonds is 1. The highest BCUT2D eigenvalue weighted by Gasteiger charge is 2.09. The van der Waals surface area contributed by atoms with E-state index in [0.29, 0.717) is 11.1 Å². The molecule has 0 aliphatic rings. The number of nitrogens with zero attached hydrogens (tertiary/aromatic N) is 2. The van der Waals surface area contributed by atoms with E-state index >= 15 is 0 Å². The molecule has 5 heteroatoms. The first-order valence-electron chi connectivity index (χ1n) is 5.34. The Balaban J connectivity index is 2.39. The molecule has 0 aliphatic carbocycles. The van der Waals surface area contributed by atoms with Crippen LogP contribution in [0.5, 0.6) is 0 Å². The van der Waals surface area contributed by atoms with Crippen LogP contribution in [0, 0.1) is 5.82 Å². The van der Waals surface area contributed by atoms with E-state index in [9.17, 15) is 9.18 Å². The third-order valence-corrected chi connectivity index (χ3v) is 2.69. The second-order valence-electron chi connectivity index (χ2n) is 3.83. The number of hydrogen-bond donors (Lipinski definition) is 1. The molecule has 0 spiro atoms. The van der Waals surface area contributed by atoms with E-state index in [4.69, 9.17) is 0 Å². The molecular weight excluding hydrogens is 233 g/mol. The Morgan fingerprint density at radius 3 is 2.83 bits per heavy atom. The molecule has 2 aromatic heterocycles. The van der Waals surface area contributed by atoms with Crippen molar-refractivity contribution < 1.29 is 4.39 Å². The topological polar surface area (TPSA) is 58.6 Å². The molecule has 0 aliphatic heterocycles. The lowest BCUT2D eigenvalue weighted by Crippen LogP contribution is -2.09. The first-order chi connectivity index (χ1) is 8.75. The van der Waals surface area contributed by atoms with Gasteiger partial charge in [-0.25, -0.2) is 9.49 Å². The highest BCUT2D eigenvalue weighted by atomic mass is 19.1. The number of hydrogen-bond acceptors (Lipinski definition) is 3. The Morgan fingerprint density at radius 1 is 1.17 bits per heavy atom. The molecule has 1 N–H and O–H groups in total. The van der Waals surface area contributed by atoms with E-state index in [1.807, 2.05) is 6.07 Å². The van der Waals surface area contributed by atoms with Crippen LogP contribution in [0.25, 0.3) is 22.0 Å². The number of H-pyrrole nitrogens is 1. The standard InChI is InChI=1S/C13H8FN3O/c14-9-3-4-10-11(6-9)13(18)17-16-12(10)8-2-1-5-15-7-8/h1-7H,(H,17,18). The zero-order chi connectivity index (χ0) is 12.5. The number of benzene rings is 1. The van der Waals surface area contributed by atoms with Crippen LogP contribution < -0.4 is 5.56 Å². The van der Waals surface area contributed by atoms with Gasteiger partial charge < -0.3 is 0 Å². The minimum atomic E-state index is -0.448. The summed E-state index contributed by atoms with van der Waals surface area (Å²) >= 11 is 0. The maximum atomic E-state index is 13.2. The Hall–Kier alpha value is -2.56. The van der Waals surface area contributed by atoms with E-state index in [2.05, 4.69) is 15.2 Å². The number of pyridine rings is 1. The number of aromatic nitrogens is 3. The first-order valence-corrected chi connectivity index (χ1v) is 5.34. The fourth-order valence-corrected chi connectivity index (χ4v) is 1.86. The van der Waals surface area contributed by atoms with Gasteiger partial charge in [0, 0.05) is 23.3 Å². The number of fused-ring (bicyclic) bond motifs is 1. The average Bonchev–Trinajstić information content (AvgIpc) is 2.41. The van der Waals surface area contributed by atoms with Crippen molar-refractivity contribution in [3.05, 3.63) is 58.9 Å². The Labute approximate surface area is 101 Å². The second kappa shape index (κ2) is 4.03. The van der Waals surface area contributed by atoms with E-state index < -0.39 is 11.4 Å². The van der Waals surface area contributed by atoms with Gasteiger partial charge in [0.15, 0.2) is 0 Å². The summed E-state index contributed by atoms with van der Waals surface area (Å²) < 4.78 is 13.2. The summed E-state index contributed by atoms with van der Waals surface area (Å²) in [6, 6.07) is 7.67. The molecule has 0 bridgehead atoms. The summed E-state index contributed by atoms with van der Waals surface area (Å²) in [6.07, 6.45) is 3.29. The lowest BCUT2D eigenvalue weighted by atomic mass is 10.1. The van der Waals surface area contributed by atoms with Crippen LogP contribution in [0.1, 0.15) is 0 Å². The Morgan fingerprint density at radius 2 is 2.06 bits per heavy atom. The van der Waals surface area contributed by atoms with Gasteiger partial charge >= 0.3 is 0 Å². The molecule has 0 saturated heterocycles. The van der Waals surface area contributed by atoms with Gasteiger partial charge in [0.05, 0.1) is 5.39 Å². The van der Waals surface area contributed by atoms with Crippen molar-refractivity contribution in [3.8, 4) is 11.3 Å². The van der Waals surface area contributed by atoms with Crippen LogP contribution in [-0.4, -0.2) is 15.2 Å². The zero-order valence-electron chi connectivity index (χ0n) is 9.22. The molecule has 2 heterocycles. The number of nitrogens with one attached hydrogen (secondary N) is 1. The predicted octanol–water partition coefficient (Wildman–Crippen LogP) is 2.12. The smallest absolute Gasteiger partial charge is 0.267 e. The molecule has 0 saturated carbocycles. The van der Waals surface area contributed by atoms with Crippen molar-refractivity contribution in [2.45, 2.75) is 0 Å². The normalized spacial score (nSPS) is 10.7. The Bertz CT molecular complexity index is 768. The molecule has 0 radical (unpaired) electrons. The van der Waals surface area contributed by atoms with Crippen LogP contribution in [0.4, 0.5) is 4.39 Å². The van der Waals surface area contributed by atoms with Crippen molar-refractivity contribution >= 4 is 10.8 Å². The SMILES string of the molecule is O=c1[nH]nc(-c2cccnc2)c2ccc(F)cc12. The van der Waals surface area contributed by atoms with E-state index in [1.54, 1.807) is 24.5 Å². The molecular formula is C13H8FN3O.